The predicted molar refractivity (Wildman–Crippen MR) is 123 cm³/mol. The minimum absolute atomic E-state index is 0.0248. The molecule has 3 aromatic rings. The monoisotopic (exact) mass is 537 g/mol. The van der Waals surface area contributed by atoms with Crippen LogP contribution in [-0.2, 0) is 13.1 Å². The van der Waals surface area contributed by atoms with Gasteiger partial charge in [-0.3, -0.25) is 0 Å². The molecule has 0 unspecified atom stereocenters. The van der Waals surface area contributed by atoms with Gasteiger partial charge in [-0.2, -0.15) is 0 Å². The summed E-state index contributed by atoms with van der Waals surface area (Å²) in [6, 6.07) is 15.0. The van der Waals surface area contributed by atoms with Gasteiger partial charge in [0, 0.05) is 13.1 Å². The second-order valence-electron chi connectivity index (χ2n) is 6.55. The molecule has 0 spiro atoms. The number of amides is 1. The van der Waals surface area contributed by atoms with Crippen LogP contribution in [-0.4, -0.2) is 25.3 Å². The van der Waals surface area contributed by atoms with Crippen LogP contribution in [0.2, 0.25) is 0 Å². The smallest absolute Gasteiger partial charge is 0.410 e. The molecule has 2 aromatic carbocycles. The van der Waals surface area contributed by atoms with Gasteiger partial charge in [0.2, 0.25) is 0 Å². The molecular formula is C22H21FIN3O4. The highest BCUT2D eigenvalue weighted by Crippen LogP contribution is 2.31. The summed E-state index contributed by atoms with van der Waals surface area (Å²) in [5.74, 6) is 0.979. The molecular weight excluding hydrogens is 516 g/mol. The highest BCUT2D eigenvalue weighted by Gasteiger charge is 2.21. The largest absolute Gasteiger partial charge is 0.497 e. The maximum atomic E-state index is 15.2. The molecule has 162 valence electrons. The number of carbonyl (C=O) groups excluding carboxylic acids is 1. The standard InChI is InChI=1S/C22H21FIN3O4/c1-29-16-7-3-14(4-8-16)12-27(13-15-5-9-17(30-2)10-6-15)21-19(23)20(24)18(11-26-21)31-22(25)28/h3-11H,12-13H2,1-2H3,(H2,25,28). The number of ether oxygens (including phenoxy) is 3. The maximum absolute atomic E-state index is 15.2. The van der Waals surface area contributed by atoms with Crippen molar-refractivity contribution in [2.24, 2.45) is 5.73 Å². The third kappa shape index (κ3) is 5.75. The van der Waals surface area contributed by atoms with E-state index in [9.17, 15) is 4.79 Å². The first-order chi connectivity index (χ1) is 14.9. The zero-order chi connectivity index (χ0) is 22.4. The first kappa shape index (κ1) is 22.6. The molecule has 0 fully saturated rings. The van der Waals surface area contributed by atoms with Crippen LogP contribution in [0.3, 0.4) is 0 Å². The zero-order valence-electron chi connectivity index (χ0n) is 17.0. The van der Waals surface area contributed by atoms with E-state index in [1.54, 1.807) is 41.7 Å². The van der Waals surface area contributed by atoms with E-state index in [4.69, 9.17) is 19.9 Å². The van der Waals surface area contributed by atoms with Crippen LogP contribution >= 0.6 is 22.6 Å². The van der Waals surface area contributed by atoms with Crippen molar-refractivity contribution < 1.29 is 23.4 Å². The van der Waals surface area contributed by atoms with Crippen LogP contribution < -0.4 is 24.8 Å². The number of pyridine rings is 1. The van der Waals surface area contributed by atoms with Gasteiger partial charge in [0.15, 0.2) is 17.4 Å². The van der Waals surface area contributed by atoms with Crippen LogP contribution in [0.25, 0.3) is 0 Å². The average Bonchev–Trinajstić information content (AvgIpc) is 2.77. The summed E-state index contributed by atoms with van der Waals surface area (Å²) in [7, 11) is 3.20. The molecule has 3 rings (SSSR count). The number of aromatic nitrogens is 1. The molecule has 1 heterocycles. The first-order valence-corrected chi connectivity index (χ1v) is 10.3. The summed E-state index contributed by atoms with van der Waals surface area (Å²) in [5, 5.41) is 0. The Kier molecular flexibility index (Phi) is 7.50. The van der Waals surface area contributed by atoms with Gasteiger partial charge in [-0.1, -0.05) is 24.3 Å². The topological polar surface area (TPSA) is 86.9 Å². The average molecular weight is 537 g/mol. The molecule has 31 heavy (non-hydrogen) atoms. The van der Waals surface area contributed by atoms with Crippen LogP contribution in [0, 0.1) is 9.39 Å². The number of nitrogens with two attached hydrogens (primary N) is 1. The molecule has 0 aliphatic heterocycles. The maximum Gasteiger partial charge on any atom is 0.410 e. The van der Waals surface area contributed by atoms with E-state index >= 15 is 4.39 Å². The zero-order valence-corrected chi connectivity index (χ0v) is 19.1. The van der Waals surface area contributed by atoms with E-state index in [1.165, 1.54) is 6.20 Å². The highest BCUT2D eigenvalue weighted by molar-refractivity contribution is 14.1. The van der Waals surface area contributed by atoms with Crippen molar-refractivity contribution in [1.29, 1.82) is 0 Å². The van der Waals surface area contributed by atoms with E-state index in [-0.39, 0.29) is 15.1 Å². The number of benzene rings is 2. The fourth-order valence-electron chi connectivity index (χ4n) is 2.95. The van der Waals surface area contributed by atoms with Gasteiger partial charge in [0.1, 0.15) is 11.5 Å². The predicted octanol–water partition coefficient (Wildman–Crippen LogP) is 4.51. The number of primary amides is 1. The number of methoxy groups -OCH3 is 2. The van der Waals surface area contributed by atoms with Gasteiger partial charge in [-0.05, 0) is 58.0 Å². The van der Waals surface area contributed by atoms with Crippen LogP contribution in [0.4, 0.5) is 15.0 Å². The van der Waals surface area contributed by atoms with Gasteiger partial charge in [-0.25, -0.2) is 14.2 Å². The fourth-order valence-corrected chi connectivity index (χ4v) is 3.44. The van der Waals surface area contributed by atoms with E-state index in [2.05, 4.69) is 4.98 Å². The van der Waals surface area contributed by atoms with E-state index in [0.29, 0.717) is 13.1 Å². The Bertz CT molecular complexity index is 996. The summed E-state index contributed by atoms with van der Waals surface area (Å²) < 4.78 is 30.6. The Hall–Kier alpha value is -3.08. The minimum atomic E-state index is -1.03. The summed E-state index contributed by atoms with van der Waals surface area (Å²) in [5.41, 5.74) is 6.94. The van der Waals surface area contributed by atoms with Gasteiger partial charge in [0.25, 0.3) is 0 Å². The molecule has 0 aliphatic rings. The summed E-state index contributed by atoms with van der Waals surface area (Å²) in [6.45, 7) is 0.790. The van der Waals surface area contributed by atoms with Crippen molar-refractivity contribution in [2.45, 2.75) is 13.1 Å². The Morgan fingerprint density at radius 2 is 1.48 bits per heavy atom. The molecule has 0 radical (unpaired) electrons. The molecule has 0 saturated carbocycles. The van der Waals surface area contributed by atoms with Crippen molar-refractivity contribution in [3.05, 3.63) is 75.2 Å². The number of hydrogen-bond acceptors (Lipinski definition) is 6. The molecule has 7 nitrogen and oxygen atoms in total. The molecule has 1 amide bonds. The molecule has 0 saturated heterocycles. The van der Waals surface area contributed by atoms with Crippen molar-refractivity contribution in [3.8, 4) is 17.2 Å². The SMILES string of the molecule is COc1ccc(CN(Cc2ccc(OC)cc2)c2ncc(OC(N)=O)c(I)c2F)cc1. The Morgan fingerprint density at radius 3 is 1.90 bits per heavy atom. The van der Waals surface area contributed by atoms with Crippen LogP contribution in [0.1, 0.15) is 11.1 Å². The van der Waals surface area contributed by atoms with Crippen molar-refractivity contribution >= 4 is 34.5 Å². The number of nitrogens with zero attached hydrogens (tertiary/aromatic N) is 2. The van der Waals surface area contributed by atoms with Gasteiger partial charge in [0.05, 0.1) is 24.0 Å². The first-order valence-electron chi connectivity index (χ1n) is 9.23. The van der Waals surface area contributed by atoms with Gasteiger partial charge >= 0.3 is 6.09 Å². The molecule has 9 heteroatoms. The lowest BCUT2D eigenvalue weighted by Gasteiger charge is -2.25. The normalized spacial score (nSPS) is 10.5. The van der Waals surface area contributed by atoms with Crippen LogP contribution in [0.5, 0.6) is 17.2 Å². The molecule has 0 atom stereocenters. The summed E-state index contributed by atoms with van der Waals surface area (Å²) in [6.07, 6.45) is 0.264. The lowest BCUT2D eigenvalue weighted by molar-refractivity contribution is 0.210. The Balaban J connectivity index is 1.95. The third-order valence-corrected chi connectivity index (χ3v) is 5.49. The minimum Gasteiger partial charge on any atom is -0.497 e. The second-order valence-corrected chi connectivity index (χ2v) is 7.63. The van der Waals surface area contributed by atoms with Gasteiger partial charge < -0.3 is 24.8 Å². The lowest BCUT2D eigenvalue weighted by atomic mass is 10.1. The number of hydrogen-bond donors (Lipinski definition) is 1. The number of halogens is 2. The molecule has 0 aliphatic carbocycles. The van der Waals surface area contributed by atoms with E-state index in [1.807, 2.05) is 48.5 Å². The second kappa shape index (κ2) is 10.3. The van der Waals surface area contributed by atoms with Gasteiger partial charge in [-0.15, -0.1) is 0 Å². The van der Waals surface area contributed by atoms with Crippen LogP contribution in [0.15, 0.2) is 54.7 Å². The number of rotatable bonds is 8. The lowest BCUT2D eigenvalue weighted by Crippen LogP contribution is -2.25. The Morgan fingerprint density at radius 1 is 1.00 bits per heavy atom. The molecule has 0 bridgehead atoms. The molecule has 1 aromatic heterocycles. The van der Waals surface area contributed by atoms with Crippen molar-refractivity contribution in [3.63, 3.8) is 0 Å². The number of anilines is 1. The quantitative estimate of drug-likeness (QED) is 0.426. The Labute approximate surface area is 193 Å². The highest BCUT2D eigenvalue weighted by atomic mass is 127. The molecule has 2 N–H and O–H groups in total. The van der Waals surface area contributed by atoms with Crippen molar-refractivity contribution in [2.75, 3.05) is 19.1 Å². The van der Waals surface area contributed by atoms with Crippen molar-refractivity contribution in [1.82, 2.24) is 4.98 Å². The number of carbonyl (C=O) groups is 1. The van der Waals surface area contributed by atoms with E-state index < -0.39 is 11.9 Å². The van der Waals surface area contributed by atoms with E-state index in [0.717, 1.165) is 22.6 Å². The summed E-state index contributed by atoms with van der Waals surface area (Å²) >= 11 is 1.77. The fraction of sp³-hybridized carbons (Fsp3) is 0.182. The summed E-state index contributed by atoms with van der Waals surface area (Å²) in [4.78, 5) is 17.1. The third-order valence-electron chi connectivity index (χ3n) is 4.48.